The van der Waals surface area contributed by atoms with E-state index in [1.54, 1.807) is 0 Å². The molecular weight excluding hydrogens is 421 g/mol. The zero-order valence-corrected chi connectivity index (χ0v) is 15.8. The second-order valence-corrected chi connectivity index (χ2v) is 7.05. The molecule has 0 radical (unpaired) electrons. The molecule has 1 aromatic carbocycles. The highest BCUT2D eigenvalue weighted by atomic mass is 79.9. The summed E-state index contributed by atoms with van der Waals surface area (Å²) < 4.78 is 7.52. The number of rotatable bonds is 6. The van der Waals surface area contributed by atoms with Gasteiger partial charge in [-0.3, -0.25) is 0 Å². The van der Waals surface area contributed by atoms with Crippen molar-refractivity contribution in [3.63, 3.8) is 0 Å². The number of hydrogen-bond acceptors (Lipinski definition) is 3. The van der Waals surface area contributed by atoms with Crippen molar-refractivity contribution < 1.29 is 9.84 Å². The van der Waals surface area contributed by atoms with Crippen molar-refractivity contribution in [2.24, 2.45) is 0 Å². The van der Waals surface area contributed by atoms with Gasteiger partial charge in [0, 0.05) is 17.1 Å². The molecule has 1 aliphatic carbocycles. The Labute approximate surface area is 149 Å². The van der Waals surface area contributed by atoms with Crippen molar-refractivity contribution in [2.75, 3.05) is 13.2 Å². The summed E-state index contributed by atoms with van der Waals surface area (Å²) in [7, 11) is 0. The predicted octanol–water partition coefficient (Wildman–Crippen LogP) is 4.30. The van der Waals surface area contributed by atoms with Crippen LogP contribution in [-0.4, -0.2) is 30.4 Å². The van der Waals surface area contributed by atoms with Gasteiger partial charge in [0.15, 0.2) is 0 Å². The zero-order valence-electron chi connectivity index (χ0n) is 11.9. The highest BCUT2D eigenvalue weighted by Crippen LogP contribution is 2.28. The summed E-state index contributed by atoms with van der Waals surface area (Å²) in [5.74, 6) is 0.755. The maximum atomic E-state index is 9.97. The molecule has 3 nitrogen and oxygen atoms in total. The first kappa shape index (κ1) is 19.2. The number of nitrogens with one attached hydrogen (secondary N) is 1. The van der Waals surface area contributed by atoms with Crippen LogP contribution in [0.3, 0.4) is 0 Å². The molecule has 120 valence electrons. The number of halogens is 3. The first-order valence-electron chi connectivity index (χ1n) is 7.14. The Morgan fingerprint density at radius 1 is 1.24 bits per heavy atom. The number of hydrogen-bond donors (Lipinski definition) is 2. The minimum Gasteiger partial charge on any atom is -0.490 e. The SMILES string of the molecule is Cl.OC(CNC1CCCCC1)COc1ccc(Br)cc1Br. The van der Waals surface area contributed by atoms with Crippen molar-refractivity contribution in [3.05, 3.63) is 27.1 Å². The van der Waals surface area contributed by atoms with Crippen LogP contribution in [0, 0.1) is 0 Å². The molecule has 21 heavy (non-hydrogen) atoms. The molecule has 2 N–H and O–H groups in total. The van der Waals surface area contributed by atoms with E-state index in [4.69, 9.17) is 4.74 Å². The van der Waals surface area contributed by atoms with Crippen LogP contribution in [0.2, 0.25) is 0 Å². The summed E-state index contributed by atoms with van der Waals surface area (Å²) in [5.41, 5.74) is 0. The summed E-state index contributed by atoms with van der Waals surface area (Å²) in [5, 5.41) is 13.4. The van der Waals surface area contributed by atoms with E-state index in [0.29, 0.717) is 19.2 Å². The number of aliphatic hydroxyl groups is 1. The van der Waals surface area contributed by atoms with E-state index in [0.717, 1.165) is 14.7 Å². The van der Waals surface area contributed by atoms with Crippen molar-refractivity contribution in [1.29, 1.82) is 0 Å². The average molecular weight is 444 g/mol. The Morgan fingerprint density at radius 2 is 1.95 bits per heavy atom. The number of benzene rings is 1. The molecule has 0 amide bonds. The zero-order chi connectivity index (χ0) is 14.4. The highest BCUT2D eigenvalue weighted by Gasteiger charge is 2.14. The molecule has 0 heterocycles. The molecule has 1 fully saturated rings. The molecule has 6 heteroatoms. The van der Waals surface area contributed by atoms with Gasteiger partial charge in [-0.2, -0.15) is 0 Å². The van der Waals surface area contributed by atoms with Crippen LogP contribution in [0.4, 0.5) is 0 Å². The normalized spacial score (nSPS) is 17.1. The molecule has 0 spiro atoms. The third-order valence-electron chi connectivity index (χ3n) is 3.57. The van der Waals surface area contributed by atoms with Gasteiger partial charge in [-0.25, -0.2) is 0 Å². The fourth-order valence-corrected chi connectivity index (χ4v) is 3.61. The Morgan fingerprint density at radius 3 is 2.62 bits per heavy atom. The van der Waals surface area contributed by atoms with Gasteiger partial charge >= 0.3 is 0 Å². The molecule has 0 aromatic heterocycles. The molecule has 1 saturated carbocycles. The first-order valence-corrected chi connectivity index (χ1v) is 8.73. The standard InChI is InChI=1S/C15H21Br2NO2.ClH/c16-11-6-7-15(14(17)8-11)20-10-13(19)9-18-12-4-2-1-3-5-12;/h6-8,12-13,18-19H,1-5,9-10H2;1H. The Kier molecular flexibility index (Phi) is 9.21. The largest absolute Gasteiger partial charge is 0.490 e. The smallest absolute Gasteiger partial charge is 0.133 e. The minimum atomic E-state index is -0.479. The fourth-order valence-electron chi connectivity index (χ4n) is 2.45. The molecule has 0 aliphatic heterocycles. The van der Waals surface area contributed by atoms with E-state index >= 15 is 0 Å². The Bertz CT molecular complexity index is 428. The highest BCUT2D eigenvalue weighted by molar-refractivity contribution is 9.11. The van der Waals surface area contributed by atoms with Crippen LogP contribution in [-0.2, 0) is 0 Å². The maximum absolute atomic E-state index is 9.97. The predicted molar refractivity (Wildman–Crippen MR) is 95.5 cm³/mol. The van der Waals surface area contributed by atoms with Gasteiger partial charge in [0.25, 0.3) is 0 Å². The van der Waals surface area contributed by atoms with Gasteiger partial charge < -0.3 is 15.2 Å². The second-order valence-electron chi connectivity index (χ2n) is 5.28. The first-order chi connectivity index (χ1) is 9.65. The minimum absolute atomic E-state index is 0. The average Bonchev–Trinajstić information content (AvgIpc) is 2.45. The number of aliphatic hydroxyl groups excluding tert-OH is 1. The van der Waals surface area contributed by atoms with E-state index in [1.807, 2.05) is 18.2 Å². The van der Waals surface area contributed by atoms with Crippen molar-refractivity contribution >= 4 is 44.3 Å². The van der Waals surface area contributed by atoms with Crippen LogP contribution in [0.5, 0.6) is 5.75 Å². The van der Waals surface area contributed by atoms with Crippen LogP contribution in [0.15, 0.2) is 27.1 Å². The van der Waals surface area contributed by atoms with Crippen molar-refractivity contribution in [1.82, 2.24) is 5.32 Å². The third kappa shape index (κ3) is 6.87. The van der Waals surface area contributed by atoms with E-state index in [2.05, 4.69) is 37.2 Å². The lowest BCUT2D eigenvalue weighted by molar-refractivity contribution is 0.101. The van der Waals surface area contributed by atoms with Gasteiger partial charge in [-0.15, -0.1) is 12.4 Å². The monoisotopic (exact) mass is 441 g/mol. The van der Waals surface area contributed by atoms with Crippen LogP contribution in [0.25, 0.3) is 0 Å². The van der Waals surface area contributed by atoms with Gasteiger partial charge in [0.1, 0.15) is 18.5 Å². The molecule has 2 rings (SSSR count). The molecule has 0 saturated heterocycles. The van der Waals surface area contributed by atoms with Crippen molar-refractivity contribution in [3.8, 4) is 5.75 Å². The van der Waals surface area contributed by atoms with Crippen LogP contribution in [0.1, 0.15) is 32.1 Å². The topological polar surface area (TPSA) is 41.5 Å². The number of ether oxygens (including phenoxy) is 1. The molecule has 1 aromatic rings. The van der Waals surface area contributed by atoms with Gasteiger partial charge in [-0.05, 0) is 47.0 Å². The van der Waals surface area contributed by atoms with Gasteiger partial charge in [0.2, 0.25) is 0 Å². The molecule has 1 aliphatic rings. The third-order valence-corrected chi connectivity index (χ3v) is 4.69. The molecular formula is C15H22Br2ClNO2. The molecule has 1 atom stereocenters. The fraction of sp³-hybridized carbons (Fsp3) is 0.600. The molecule has 0 bridgehead atoms. The Balaban J connectivity index is 0.00000220. The van der Waals surface area contributed by atoms with Crippen LogP contribution >= 0.6 is 44.3 Å². The van der Waals surface area contributed by atoms with E-state index < -0.39 is 6.10 Å². The maximum Gasteiger partial charge on any atom is 0.133 e. The van der Waals surface area contributed by atoms with Gasteiger partial charge in [-0.1, -0.05) is 35.2 Å². The van der Waals surface area contributed by atoms with E-state index in [-0.39, 0.29) is 12.4 Å². The quantitative estimate of drug-likeness (QED) is 0.689. The molecule has 1 unspecified atom stereocenters. The van der Waals surface area contributed by atoms with Crippen molar-refractivity contribution in [2.45, 2.75) is 44.2 Å². The summed E-state index contributed by atoms with van der Waals surface area (Å²) in [6.07, 6.45) is 5.93. The summed E-state index contributed by atoms with van der Waals surface area (Å²) in [6, 6.07) is 6.31. The lowest BCUT2D eigenvalue weighted by Crippen LogP contribution is -2.38. The summed E-state index contributed by atoms with van der Waals surface area (Å²) in [6.45, 7) is 0.902. The lowest BCUT2D eigenvalue weighted by atomic mass is 9.95. The summed E-state index contributed by atoms with van der Waals surface area (Å²) >= 11 is 6.85. The Hall–Kier alpha value is 0.190. The second kappa shape index (κ2) is 10.1. The summed E-state index contributed by atoms with van der Waals surface area (Å²) in [4.78, 5) is 0. The lowest BCUT2D eigenvalue weighted by Gasteiger charge is -2.24. The van der Waals surface area contributed by atoms with E-state index in [1.165, 1.54) is 32.1 Å². The van der Waals surface area contributed by atoms with E-state index in [9.17, 15) is 5.11 Å². The van der Waals surface area contributed by atoms with Gasteiger partial charge in [0.05, 0.1) is 4.47 Å². The van der Waals surface area contributed by atoms with Crippen LogP contribution < -0.4 is 10.1 Å².